The van der Waals surface area contributed by atoms with Crippen LogP contribution in [0.5, 0.6) is 11.5 Å². The van der Waals surface area contributed by atoms with Crippen LogP contribution >= 0.6 is 15.9 Å². The van der Waals surface area contributed by atoms with Crippen molar-refractivity contribution in [2.45, 2.75) is 0 Å². The van der Waals surface area contributed by atoms with Crippen molar-refractivity contribution >= 4 is 27.6 Å². The zero-order valence-corrected chi connectivity index (χ0v) is 11.8. The van der Waals surface area contributed by atoms with Gasteiger partial charge in [0.25, 0.3) is 0 Å². The normalized spacial score (nSPS) is 10.2. The number of benzene rings is 2. The second kappa shape index (κ2) is 5.88. The van der Waals surface area contributed by atoms with Gasteiger partial charge in [0.1, 0.15) is 17.1 Å². The first-order valence-corrected chi connectivity index (χ1v) is 6.32. The number of nitro benzene ring substituents is 1. The van der Waals surface area contributed by atoms with Crippen molar-refractivity contribution in [3.05, 3.63) is 62.4 Å². The third-order valence-electron chi connectivity index (χ3n) is 2.48. The zero-order valence-electron chi connectivity index (χ0n) is 10.2. The number of para-hydroxylation sites is 1. The standard InChI is InChI=1S/C13H7BrFNO5/c14-7-4-8(15)6-9(5-7)21-11-3-1-2-10(13(17)18)12(11)16(19)20/h1-6H,(H,17,18). The summed E-state index contributed by atoms with van der Waals surface area (Å²) in [6.07, 6.45) is 0. The van der Waals surface area contributed by atoms with Gasteiger partial charge in [-0.25, -0.2) is 9.18 Å². The van der Waals surface area contributed by atoms with Gasteiger partial charge in [-0.15, -0.1) is 0 Å². The second-order valence-corrected chi connectivity index (χ2v) is 4.84. The van der Waals surface area contributed by atoms with Crippen LogP contribution in [0.3, 0.4) is 0 Å². The molecule has 0 aliphatic rings. The van der Waals surface area contributed by atoms with E-state index >= 15 is 0 Å². The number of carboxylic acid groups (broad SMARTS) is 1. The zero-order chi connectivity index (χ0) is 15.6. The van der Waals surface area contributed by atoms with Crippen molar-refractivity contribution in [2.75, 3.05) is 0 Å². The summed E-state index contributed by atoms with van der Waals surface area (Å²) in [5, 5.41) is 20.0. The Morgan fingerprint density at radius 2 is 2.05 bits per heavy atom. The highest BCUT2D eigenvalue weighted by Crippen LogP contribution is 2.35. The minimum absolute atomic E-state index is 0.00696. The Morgan fingerprint density at radius 3 is 2.62 bits per heavy atom. The van der Waals surface area contributed by atoms with Crippen LogP contribution in [0.25, 0.3) is 0 Å². The van der Waals surface area contributed by atoms with E-state index in [0.29, 0.717) is 4.47 Å². The van der Waals surface area contributed by atoms with Crippen molar-refractivity contribution in [2.24, 2.45) is 0 Å². The summed E-state index contributed by atoms with van der Waals surface area (Å²) in [7, 11) is 0. The molecular weight excluding hydrogens is 349 g/mol. The summed E-state index contributed by atoms with van der Waals surface area (Å²) in [6.45, 7) is 0. The largest absolute Gasteiger partial charge is 0.477 e. The molecule has 0 atom stereocenters. The highest BCUT2D eigenvalue weighted by Gasteiger charge is 2.25. The van der Waals surface area contributed by atoms with Gasteiger partial charge >= 0.3 is 11.7 Å². The molecule has 2 aromatic rings. The first kappa shape index (κ1) is 14.9. The Balaban J connectivity index is 2.51. The van der Waals surface area contributed by atoms with Gasteiger partial charge in [0.2, 0.25) is 5.75 Å². The van der Waals surface area contributed by atoms with E-state index in [1.54, 1.807) is 0 Å². The first-order chi connectivity index (χ1) is 9.88. The van der Waals surface area contributed by atoms with E-state index in [1.165, 1.54) is 24.3 Å². The van der Waals surface area contributed by atoms with E-state index in [0.717, 1.165) is 12.1 Å². The van der Waals surface area contributed by atoms with Crippen LogP contribution in [0.15, 0.2) is 40.9 Å². The number of ether oxygens (including phenoxy) is 1. The maximum absolute atomic E-state index is 13.3. The number of nitrogens with zero attached hydrogens (tertiary/aromatic N) is 1. The van der Waals surface area contributed by atoms with Crippen LogP contribution in [-0.4, -0.2) is 16.0 Å². The second-order valence-electron chi connectivity index (χ2n) is 3.92. The molecule has 0 heterocycles. The Kier molecular flexibility index (Phi) is 4.18. The quantitative estimate of drug-likeness (QED) is 0.661. The summed E-state index contributed by atoms with van der Waals surface area (Å²) >= 11 is 3.06. The van der Waals surface area contributed by atoms with E-state index in [9.17, 15) is 19.3 Å². The summed E-state index contributed by atoms with van der Waals surface area (Å²) in [5.74, 6) is -2.33. The van der Waals surface area contributed by atoms with E-state index < -0.39 is 28.0 Å². The van der Waals surface area contributed by atoms with Gasteiger partial charge in [-0.05, 0) is 24.3 Å². The summed E-state index contributed by atoms with van der Waals surface area (Å²) in [4.78, 5) is 21.2. The molecule has 2 rings (SSSR count). The molecule has 0 amide bonds. The topological polar surface area (TPSA) is 89.7 Å². The molecule has 21 heavy (non-hydrogen) atoms. The number of nitro groups is 1. The van der Waals surface area contributed by atoms with Gasteiger partial charge in [0.15, 0.2) is 0 Å². The van der Waals surface area contributed by atoms with Crippen LogP contribution < -0.4 is 4.74 Å². The number of carbonyl (C=O) groups is 1. The minimum atomic E-state index is -1.45. The minimum Gasteiger partial charge on any atom is -0.477 e. The summed E-state index contributed by atoms with van der Waals surface area (Å²) in [5.41, 5.74) is -1.20. The highest BCUT2D eigenvalue weighted by atomic mass is 79.9. The van der Waals surface area contributed by atoms with Gasteiger partial charge in [0, 0.05) is 10.5 Å². The fourth-order valence-electron chi connectivity index (χ4n) is 1.68. The monoisotopic (exact) mass is 355 g/mol. The number of rotatable bonds is 4. The number of hydrogen-bond acceptors (Lipinski definition) is 4. The lowest BCUT2D eigenvalue weighted by atomic mass is 10.1. The molecule has 0 unspecified atom stereocenters. The van der Waals surface area contributed by atoms with Crippen LogP contribution in [0, 0.1) is 15.9 Å². The molecule has 8 heteroatoms. The SMILES string of the molecule is O=C(O)c1cccc(Oc2cc(F)cc(Br)c2)c1[N+](=O)[O-]. The number of halogens is 2. The molecule has 0 radical (unpaired) electrons. The van der Waals surface area contributed by atoms with Gasteiger partial charge in [-0.1, -0.05) is 22.0 Å². The predicted molar refractivity (Wildman–Crippen MR) is 74.2 cm³/mol. The van der Waals surface area contributed by atoms with Crippen molar-refractivity contribution in [3.8, 4) is 11.5 Å². The third-order valence-corrected chi connectivity index (χ3v) is 2.93. The maximum atomic E-state index is 13.3. The van der Waals surface area contributed by atoms with Gasteiger partial charge in [-0.2, -0.15) is 0 Å². The molecule has 1 N–H and O–H groups in total. The van der Waals surface area contributed by atoms with Gasteiger partial charge in [-0.3, -0.25) is 10.1 Å². The molecule has 108 valence electrons. The van der Waals surface area contributed by atoms with Crippen LogP contribution in [0.2, 0.25) is 0 Å². The average molecular weight is 356 g/mol. The fourth-order valence-corrected chi connectivity index (χ4v) is 2.12. The summed E-state index contributed by atoms with van der Waals surface area (Å²) in [6, 6.07) is 7.26. The Labute approximate surface area is 126 Å². The van der Waals surface area contributed by atoms with Crippen molar-refractivity contribution < 1.29 is 24.0 Å². The molecule has 0 fully saturated rings. The molecule has 6 nitrogen and oxygen atoms in total. The average Bonchev–Trinajstić information content (AvgIpc) is 2.36. The maximum Gasteiger partial charge on any atom is 0.342 e. The lowest BCUT2D eigenvalue weighted by Gasteiger charge is -2.08. The molecule has 0 aliphatic carbocycles. The predicted octanol–water partition coefficient (Wildman–Crippen LogP) is 3.99. The van der Waals surface area contributed by atoms with E-state index in [4.69, 9.17) is 9.84 Å². The summed E-state index contributed by atoms with van der Waals surface area (Å²) < 4.78 is 18.9. The van der Waals surface area contributed by atoms with E-state index in [2.05, 4.69) is 15.9 Å². The van der Waals surface area contributed by atoms with Crippen molar-refractivity contribution in [3.63, 3.8) is 0 Å². The smallest absolute Gasteiger partial charge is 0.342 e. The van der Waals surface area contributed by atoms with Gasteiger partial charge < -0.3 is 9.84 Å². The van der Waals surface area contributed by atoms with Gasteiger partial charge in [0.05, 0.1) is 4.92 Å². The molecule has 0 saturated carbocycles. The van der Waals surface area contributed by atoms with E-state index in [-0.39, 0.29) is 11.5 Å². The number of aromatic carboxylic acids is 1. The molecule has 0 spiro atoms. The number of carboxylic acids is 1. The van der Waals surface area contributed by atoms with Crippen LogP contribution in [-0.2, 0) is 0 Å². The van der Waals surface area contributed by atoms with Crippen LogP contribution in [0.4, 0.5) is 10.1 Å². The molecule has 0 aliphatic heterocycles. The Morgan fingerprint density at radius 1 is 1.33 bits per heavy atom. The lowest BCUT2D eigenvalue weighted by molar-refractivity contribution is -0.386. The van der Waals surface area contributed by atoms with Crippen molar-refractivity contribution in [1.82, 2.24) is 0 Å². The fraction of sp³-hybridized carbons (Fsp3) is 0. The molecule has 0 bridgehead atoms. The van der Waals surface area contributed by atoms with Crippen molar-refractivity contribution in [1.29, 1.82) is 0 Å². The highest BCUT2D eigenvalue weighted by molar-refractivity contribution is 9.10. The third kappa shape index (κ3) is 3.34. The molecule has 0 saturated heterocycles. The first-order valence-electron chi connectivity index (χ1n) is 5.53. The lowest BCUT2D eigenvalue weighted by Crippen LogP contribution is -2.04. The number of hydrogen-bond donors (Lipinski definition) is 1. The van der Waals surface area contributed by atoms with Crippen LogP contribution in [0.1, 0.15) is 10.4 Å². The Bertz CT molecular complexity index is 714. The molecule has 2 aromatic carbocycles. The molecule has 0 aromatic heterocycles. The Hall–Kier alpha value is -2.48. The van der Waals surface area contributed by atoms with E-state index in [1.807, 2.05) is 0 Å². The molecular formula is C13H7BrFNO5.